The number of nitrogens with zero attached hydrogens (tertiary/aromatic N) is 1. The lowest BCUT2D eigenvalue weighted by Crippen LogP contribution is -2.59. The highest BCUT2D eigenvalue weighted by molar-refractivity contribution is 6.79. The zero-order chi connectivity index (χ0) is 19.2. The molecule has 0 aliphatic carbocycles. The van der Waals surface area contributed by atoms with E-state index in [9.17, 15) is 9.90 Å². The summed E-state index contributed by atoms with van der Waals surface area (Å²) in [6.45, 7) is 5.43. The number of ether oxygens (including phenoxy) is 1. The van der Waals surface area contributed by atoms with Crippen LogP contribution in [0, 0.1) is 0 Å². The molecule has 5 nitrogen and oxygen atoms in total. The minimum atomic E-state index is -1.67. The van der Waals surface area contributed by atoms with Crippen LogP contribution in [0.1, 0.15) is 20.8 Å². The molecular formula is C20H26NO4Si. The second-order valence-corrected chi connectivity index (χ2v) is 8.87. The summed E-state index contributed by atoms with van der Waals surface area (Å²) >= 11 is 0. The van der Waals surface area contributed by atoms with Crippen LogP contribution in [0.3, 0.4) is 0 Å². The van der Waals surface area contributed by atoms with Gasteiger partial charge in [0, 0.05) is 5.54 Å². The van der Waals surface area contributed by atoms with Gasteiger partial charge in [0.2, 0.25) is 0 Å². The second kappa shape index (κ2) is 9.09. The molecule has 2 rings (SSSR count). The maximum atomic E-state index is 12.2. The summed E-state index contributed by atoms with van der Waals surface area (Å²) in [6, 6.07) is 19.0. The lowest BCUT2D eigenvalue weighted by molar-refractivity contribution is -0.192. The van der Waals surface area contributed by atoms with E-state index in [2.05, 4.69) is 0 Å². The average Bonchev–Trinajstić information content (AvgIpc) is 2.65. The summed E-state index contributed by atoms with van der Waals surface area (Å²) in [5.41, 5.74) is -0.513. The van der Waals surface area contributed by atoms with Crippen molar-refractivity contribution >= 4 is 25.4 Å². The molecule has 0 saturated carbocycles. The van der Waals surface area contributed by atoms with Crippen LogP contribution in [0.2, 0.25) is 0 Å². The molecule has 0 saturated heterocycles. The molecule has 0 aliphatic rings. The molecule has 2 aromatic rings. The van der Waals surface area contributed by atoms with Crippen molar-refractivity contribution in [2.45, 2.75) is 32.4 Å². The van der Waals surface area contributed by atoms with Crippen molar-refractivity contribution in [1.82, 2.24) is 5.06 Å². The Bertz CT molecular complexity index is 648. The number of benzene rings is 2. The van der Waals surface area contributed by atoms with E-state index < -0.39 is 26.6 Å². The highest BCUT2D eigenvalue weighted by atomic mass is 28.3. The van der Waals surface area contributed by atoms with Crippen LogP contribution < -0.4 is 10.4 Å². The van der Waals surface area contributed by atoms with E-state index in [1.165, 1.54) is 7.11 Å². The Balaban J connectivity index is 2.44. The number of methoxy groups -OCH3 is 1. The fraction of sp³-hybridized carbons (Fsp3) is 0.350. The van der Waals surface area contributed by atoms with Crippen molar-refractivity contribution in [1.29, 1.82) is 0 Å². The Kier molecular flexibility index (Phi) is 7.11. The van der Waals surface area contributed by atoms with Gasteiger partial charge in [-0.05, 0) is 31.1 Å². The van der Waals surface area contributed by atoms with Gasteiger partial charge in [-0.25, -0.2) is 0 Å². The molecule has 0 fully saturated rings. The van der Waals surface area contributed by atoms with E-state index in [4.69, 9.17) is 9.26 Å². The number of aliphatic hydroxyl groups is 1. The van der Waals surface area contributed by atoms with Crippen molar-refractivity contribution in [3.05, 3.63) is 60.7 Å². The third-order valence-corrected chi connectivity index (χ3v) is 5.95. The molecule has 0 heterocycles. The van der Waals surface area contributed by atoms with Crippen LogP contribution in [0.4, 0.5) is 0 Å². The SMILES string of the molecule is COC(=O)[C@H](CO)N(O[Si](c1ccccc1)c1ccccc1)C(C)(C)C. The van der Waals surface area contributed by atoms with Crippen LogP contribution in [0.25, 0.3) is 0 Å². The lowest BCUT2D eigenvalue weighted by Gasteiger charge is -2.40. The zero-order valence-electron chi connectivity index (χ0n) is 15.7. The Morgan fingerprint density at radius 2 is 1.50 bits per heavy atom. The summed E-state index contributed by atoms with van der Waals surface area (Å²) in [5, 5.41) is 13.5. The van der Waals surface area contributed by atoms with Gasteiger partial charge < -0.3 is 14.4 Å². The topological polar surface area (TPSA) is 59.0 Å². The number of rotatable bonds is 7. The molecule has 139 valence electrons. The molecule has 2 aromatic carbocycles. The van der Waals surface area contributed by atoms with Gasteiger partial charge in [0.25, 0.3) is 0 Å². The number of aliphatic hydroxyl groups excluding tert-OH is 1. The molecule has 6 heteroatoms. The number of hydroxylamine groups is 2. The summed E-state index contributed by atoms with van der Waals surface area (Å²) in [4.78, 5) is 12.2. The third kappa shape index (κ3) is 5.01. The summed E-state index contributed by atoms with van der Waals surface area (Å²) in [5.74, 6) is -0.523. The molecule has 0 aromatic heterocycles. The van der Waals surface area contributed by atoms with Crippen LogP contribution in [0.5, 0.6) is 0 Å². The van der Waals surface area contributed by atoms with Crippen LogP contribution in [-0.4, -0.2) is 50.5 Å². The standard InChI is InChI=1S/C20H26NO4Si/c1-20(2,3)21(18(15-22)19(23)24-4)25-26(16-11-7-5-8-12-16)17-13-9-6-10-14-17/h5-14,18,22H,15H2,1-4H3/t18-/m0/s1. The number of carbonyl (C=O) groups is 1. The molecule has 1 radical (unpaired) electrons. The molecule has 0 unspecified atom stereocenters. The number of esters is 1. The number of carbonyl (C=O) groups excluding carboxylic acids is 1. The minimum absolute atomic E-state index is 0.386. The van der Waals surface area contributed by atoms with Gasteiger partial charge in [0.15, 0.2) is 6.04 Å². The minimum Gasteiger partial charge on any atom is -0.468 e. The van der Waals surface area contributed by atoms with E-state index in [0.717, 1.165) is 10.4 Å². The van der Waals surface area contributed by atoms with Gasteiger partial charge in [-0.1, -0.05) is 60.7 Å². The Morgan fingerprint density at radius 3 is 1.85 bits per heavy atom. The lowest BCUT2D eigenvalue weighted by atomic mass is 10.1. The first-order valence-electron chi connectivity index (χ1n) is 8.52. The predicted molar refractivity (Wildman–Crippen MR) is 103 cm³/mol. The van der Waals surface area contributed by atoms with Gasteiger partial charge >= 0.3 is 15.0 Å². The van der Waals surface area contributed by atoms with Crippen LogP contribution >= 0.6 is 0 Å². The monoisotopic (exact) mass is 372 g/mol. The molecule has 0 bridgehead atoms. The molecule has 1 atom stereocenters. The van der Waals surface area contributed by atoms with E-state index in [1.54, 1.807) is 5.06 Å². The predicted octanol–water partition coefficient (Wildman–Crippen LogP) is 1.36. The fourth-order valence-corrected chi connectivity index (χ4v) is 4.73. The van der Waals surface area contributed by atoms with Crippen molar-refractivity contribution in [2.24, 2.45) is 0 Å². The number of hydrogen-bond acceptors (Lipinski definition) is 5. The van der Waals surface area contributed by atoms with Gasteiger partial charge in [-0.2, -0.15) is 5.06 Å². The normalized spacial score (nSPS) is 13.0. The summed E-state index contributed by atoms with van der Waals surface area (Å²) < 4.78 is 11.3. The zero-order valence-corrected chi connectivity index (χ0v) is 16.7. The van der Waals surface area contributed by atoms with Crippen molar-refractivity contribution < 1.29 is 19.2 Å². The summed E-state index contributed by atoms with van der Waals surface area (Å²) in [6.07, 6.45) is 0. The average molecular weight is 373 g/mol. The molecule has 26 heavy (non-hydrogen) atoms. The first kappa shape index (κ1) is 20.3. The Morgan fingerprint density at radius 1 is 1.04 bits per heavy atom. The van der Waals surface area contributed by atoms with E-state index >= 15 is 0 Å². The molecular weight excluding hydrogens is 346 g/mol. The first-order valence-corrected chi connectivity index (χ1v) is 9.93. The van der Waals surface area contributed by atoms with Crippen molar-refractivity contribution in [2.75, 3.05) is 13.7 Å². The Labute approximate surface area is 156 Å². The molecule has 0 amide bonds. The maximum absolute atomic E-state index is 12.2. The summed E-state index contributed by atoms with van der Waals surface area (Å²) in [7, 11) is -0.358. The fourth-order valence-electron chi connectivity index (χ4n) is 2.60. The van der Waals surface area contributed by atoms with Crippen LogP contribution in [0.15, 0.2) is 60.7 Å². The maximum Gasteiger partial charge on any atom is 0.327 e. The quantitative estimate of drug-likeness (QED) is 0.452. The van der Waals surface area contributed by atoms with Gasteiger partial charge in [-0.15, -0.1) is 0 Å². The van der Waals surface area contributed by atoms with Gasteiger partial charge in [0.05, 0.1) is 13.7 Å². The van der Waals surface area contributed by atoms with E-state index in [0.29, 0.717) is 0 Å². The molecule has 0 spiro atoms. The largest absolute Gasteiger partial charge is 0.468 e. The highest BCUT2D eigenvalue weighted by Gasteiger charge is 2.38. The third-order valence-electron chi connectivity index (χ3n) is 3.85. The smallest absolute Gasteiger partial charge is 0.327 e. The van der Waals surface area contributed by atoms with Crippen molar-refractivity contribution in [3.8, 4) is 0 Å². The number of hydrogen-bond donors (Lipinski definition) is 1. The van der Waals surface area contributed by atoms with Crippen molar-refractivity contribution in [3.63, 3.8) is 0 Å². The van der Waals surface area contributed by atoms with E-state index in [1.807, 2.05) is 81.4 Å². The Hall–Kier alpha value is -1.99. The van der Waals surface area contributed by atoms with Gasteiger partial charge in [0.1, 0.15) is 0 Å². The highest BCUT2D eigenvalue weighted by Crippen LogP contribution is 2.19. The molecule has 0 aliphatic heterocycles. The van der Waals surface area contributed by atoms with Gasteiger partial charge in [-0.3, -0.25) is 4.79 Å². The second-order valence-electron chi connectivity index (χ2n) is 6.87. The molecule has 1 N–H and O–H groups in total. The van der Waals surface area contributed by atoms with Crippen LogP contribution in [-0.2, 0) is 14.1 Å². The van der Waals surface area contributed by atoms with E-state index in [-0.39, 0.29) is 6.61 Å². The first-order chi connectivity index (χ1) is 12.4.